The molecule has 0 aliphatic heterocycles. The first-order valence-electron chi connectivity index (χ1n) is 10.8. The van der Waals surface area contributed by atoms with E-state index in [4.69, 9.17) is 42.3 Å². The summed E-state index contributed by atoms with van der Waals surface area (Å²) in [5.41, 5.74) is 2.58. The first-order chi connectivity index (χ1) is 16.4. The molecule has 1 N–H and O–H groups in total. The highest BCUT2D eigenvalue weighted by atomic mass is 35.5. The Balaban J connectivity index is 0.00000158. The normalized spacial score (nSPS) is 10.5. The van der Waals surface area contributed by atoms with Gasteiger partial charge < -0.3 is 19.1 Å². The minimum Gasteiger partial charge on any atom is -0.480 e. The number of rotatable bonds is 8. The predicted molar refractivity (Wildman–Crippen MR) is 132 cm³/mol. The number of fused-ring (bicyclic) bond motifs is 1. The molecule has 4 aromatic rings. The van der Waals surface area contributed by atoms with Gasteiger partial charge in [-0.15, -0.1) is 0 Å². The molecule has 0 unspecified atom stereocenters. The van der Waals surface area contributed by atoms with Crippen LogP contribution in [-0.2, 0) is 11.2 Å². The first-order valence-corrected chi connectivity index (χ1v) is 11.6. The van der Waals surface area contributed by atoms with Crippen LogP contribution in [0.3, 0.4) is 0 Å². The Morgan fingerprint density at radius 2 is 1.82 bits per heavy atom. The zero-order valence-corrected chi connectivity index (χ0v) is 20.5. The Hall–Kier alpha value is -3.29. The van der Waals surface area contributed by atoms with Crippen molar-refractivity contribution in [3.63, 3.8) is 0 Å². The van der Waals surface area contributed by atoms with E-state index in [1.807, 2.05) is 19.9 Å². The van der Waals surface area contributed by atoms with Crippen molar-refractivity contribution in [2.75, 3.05) is 6.61 Å². The summed E-state index contributed by atoms with van der Waals surface area (Å²) < 4.78 is 16.6. The molecule has 0 bridgehead atoms. The molecular formula is C25H24Cl2N2O5. The third-order valence-electron chi connectivity index (χ3n) is 4.60. The lowest BCUT2D eigenvalue weighted by Crippen LogP contribution is -2.09. The third kappa shape index (κ3) is 5.98. The Morgan fingerprint density at radius 3 is 2.50 bits per heavy atom. The third-order valence-corrected chi connectivity index (χ3v) is 5.15. The summed E-state index contributed by atoms with van der Waals surface area (Å²) >= 11 is 12.1. The first kappa shape index (κ1) is 25.3. The van der Waals surface area contributed by atoms with E-state index in [2.05, 4.69) is 17.1 Å². The van der Waals surface area contributed by atoms with Crippen LogP contribution >= 0.6 is 23.2 Å². The van der Waals surface area contributed by atoms with Gasteiger partial charge in [-0.05, 0) is 42.8 Å². The van der Waals surface area contributed by atoms with Crippen LogP contribution in [0.1, 0.15) is 32.9 Å². The molecule has 34 heavy (non-hydrogen) atoms. The fourth-order valence-electron chi connectivity index (χ4n) is 3.19. The Bertz CT molecular complexity index is 1270. The minimum absolute atomic E-state index is 0.235. The topological polar surface area (TPSA) is 94.7 Å². The van der Waals surface area contributed by atoms with Gasteiger partial charge in [0.25, 0.3) is 0 Å². The average molecular weight is 503 g/mol. The van der Waals surface area contributed by atoms with Crippen molar-refractivity contribution < 1.29 is 23.9 Å². The Kier molecular flexibility index (Phi) is 8.73. The lowest BCUT2D eigenvalue weighted by molar-refractivity contribution is -0.139. The van der Waals surface area contributed by atoms with Crippen molar-refractivity contribution in [3.8, 4) is 28.6 Å². The fourth-order valence-corrected chi connectivity index (χ4v) is 3.52. The average Bonchev–Trinajstić information content (AvgIpc) is 3.23. The van der Waals surface area contributed by atoms with Gasteiger partial charge >= 0.3 is 5.97 Å². The van der Waals surface area contributed by atoms with Gasteiger partial charge in [0.15, 0.2) is 12.2 Å². The Labute approximate surface area is 207 Å². The summed E-state index contributed by atoms with van der Waals surface area (Å²) in [5.74, 6) is 0.204. The van der Waals surface area contributed by atoms with Crippen molar-refractivity contribution >= 4 is 40.1 Å². The van der Waals surface area contributed by atoms with E-state index in [1.165, 1.54) is 0 Å². The molecule has 0 saturated carbocycles. The summed E-state index contributed by atoms with van der Waals surface area (Å²) in [6.07, 6.45) is 1.55. The summed E-state index contributed by atoms with van der Waals surface area (Å²) in [5, 5.41) is 14.6. The second kappa shape index (κ2) is 11.7. The number of ether oxygens (including phenoxy) is 2. The molecule has 0 aliphatic rings. The minimum atomic E-state index is -1.10. The van der Waals surface area contributed by atoms with Crippen LogP contribution < -0.4 is 9.47 Å². The summed E-state index contributed by atoms with van der Waals surface area (Å²) in [4.78, 5) is 15.5. The number of hydrogen-bond acceptors (Lipinski definition) is 6. The van der Waals surface area contributed by atoms with Crippen LogP contribution in [0.4, 0.5) is 0 Å². The number of aliphatic carboxylic acids is 1. The lowest BCUT2D eigenvalue weighted by atomic mass is 10.0. The highest BCUT2D eigenvalue weighted by molar-refractivity contribution is 6.33. The molecule has 178 valence electrons. The van der Waals surface area contributed by atoms with Crippen molar-refractivity contribution in [1.29, 1.82) is 0 Å². The molecule has 0 saturated heterocycles. The molecule has 2 aromatic heterocycles. The standard InChI is InChI=1S/C23H18Cl2N2O5.C2H6/c1-2-3-18-15(8-9-21(26-18)31-14-6-4-13(24)5-7-14)23-16-10-20(30-12-22(28)29)17(25)11-19(16)32-27-23;1-2/h4-11H,2-3,12H2,1H3,(H,28,29);1-2H3. The molecule has 0 aliphatic carbocycles. The van der Waals surface area contributed by atoms with E-state index in [-0.39, 0.29) is 10.8 Å². The molecule has 0 spiro atoms. The summed E-state index contributed by atoms with van der Waals surface area (Å²) in [6.45, 7) is 5.54. The monoisotopic (exact) mass is 502 g/mol. The number of aromatic nitrogens is 2. The van der Waals surface area contributed by atoms with Gasteiger partial charge in [0.1, 0.15) is 17.2 Å². The quantitative estimate of drug-likeness (QED) is 0.267. The largest absolute Gasteiger partial charge is 0.480 e. The molecule has 2 aromatic carbocycles. The van der Waals surface area contributed by atoms with Crippen LogP contribution in [0, 0.1) is 0 Å². The van der Waals surface area contributed by atoms with Gasteiger partial charge in [-0.1, -0.05) is 55.6 Å². The number of nitrogens with zero attached hydrogens (tertiary/aromatic N) is 2. The number of pyridine rings is 1. The molecule has 4 rings (SSSR count). The van der Waals surface area contributed by atoms with Gasteiger partial charge in [0.05, 0.1) is 16.1 Å². The summed E-state index contributed by atoms with van der Waals surface area (Å²) in [6, 6.07) is 13.8. The number of benzene rings is 2. The van der Waals surface area contributed by atoms with Crippen LogP contribution in [0.5, 0.6) is 17.4 Å². The van der Waals surface area contributed by atoms with Crippen LogP contribution in [0.2, 0.25) is 10.0 Å². The molecule has 9 heteroatoms. The number of hydrogen-bond donors (Lipinski definition) is 1. The van der Waals surface area contributed by atoms with Crippen molar-refractivity contribution in [2.24, 2.45) is 0 Å². The number of carboxylic acids is 1. The van der Waals surface area contributed by atoms with Gasteiger partial charge in [0, 0.05) is 22.7 Å². The molecule has 0 amide bonds. The van der Waals surface area contributed by atoms with E-state index in [1.54, 1.807) is 42.5 Å². The molecular weight excluding hydrogens is 479 g/mol. The number of carbonyl (C=O) groups is 1. The van der Waals surface area contributed by atoms with Gasteiger partial charge in [-0.25, -0.2) is 9.78 Å². The van der Waals surface area contributed by atoms with Gasteiger partial charge in [-0.3, -0.25) is 0 Å². The SMILES string of the molecule is CC.CCCc1nc(Oc2ccc(Cl)cc2)ccc1-c1noc2cc(Cl)c(OCC(=O)O)cc12. The maximum atomic E-state index is 10.9. The van der Waals surface area contributed by atoms with Crippen molar-refractivity contribution in [3.05, 3.63) is 64.3 Å². The van der Waals surface area contributed by atoms with Gasteiger partial charge in [-0.2, -0.15) is 0 Å². The number of carboxylic acid groups (broad SMARTS) is 1. The maximum Gasteiger partial charge on any atom is 0.341 e. The predicted octanol–water partition coefficient (Wildman–Crippen LogP) is 7.43. The highest BCUT2D eigenvalue weighted by Crippen LogP contribution is 2.37. The molecule has 0 atom stereocenters. The van der Waals surface area contributed by atoms with Crippen molar-refractivity contribution in [2.45, 2.75) is 33.6 Å². The molecule has 7 nitrogen and oxygen atoms in total. The van der Waals surface area contributed by atoms with Crippen molar-refractivity contribution in [1.82, 2.24) is 10.1 Å². The maximum absolute atomic E-state index is 10.9. The zero-order chi connectivity index (χ0) is 24.7. The van der Waals surface area contributed by atoms with E-state index in [0.717, 1.165) is 17.7 Å². The lowest BCUT2D eigenvalue weighted by Gasteiger charge is -2.10. The number of aryl methyl sites for hydroxylation is 1. The molecule has 2 heterocycles. The van der Waals surface area contributed by atoms with Crippen LogP contribution in [0.25, 0.3) is 22.2 Å². The summed E-state index contributed by atoms with van der Waals surface area (Å²) in [7, 11) is 0. The second-order valence-corrected chi connectivity index (χ2v) is 7.79. The van der Waals surface area contributed by atoms with E-state index in [9.17, 15) is 4.79 Å². The van der Waals surface area contributed by atoms with Gasteiger partial charge in [0.2, 0.25) is 5.88 Å². The molecule has 0 radical (unpaired) electrons. The smallest absolute Gasteiger partial charge is 0.341 e. The van der Waals surface area contributed by atoms with E-state index < -0.39 is 12.6 Å². The molecule has 0 fully saturated rings. The van der Waals surface area contributed by atoms with Crippen LogP contribution in [-0.4, -0.2) is 27.8 Å². The van der Waals surface area contributed by atoms with E-state index in [0.29, 0.717) is 39.7 Å². The Morgan fingerprint density at radius 1 is 1.09 bits per heavy atom. The second-order valence-electron chi connectivity index (χ2n) is 6.94. The fraction of sp³-hybridized carbons (Fsp3) is 0.240. The zero-order valence-electron chi connectivity index (χ0n) is 19.0. The van der Waals surface area contributed by atoms with E-state index >= 15 is 0 Å². The van der Waals surface area contributed by atoms with Crippen LogP contribution in [0.15, 0.2) is 53.1 Å². The highest BCUT2D eigenvalue weighted by Gasteiger charge is 2.19. The number of halogens is 2.